The average molecular weight is 208 g/mol. The molecule has 6 N–H and O–H groups in total. The molecule has 0 aliphatic carbocycles. The third-order valence-corrected chi connectivity index (χ3v) is 1.76. The first-order valence-corrected chi connectivity index (χ1v) is 4.06. The quantitative estimate of drug-likeness (QED) is 0.280. The van der Waals surface area contributed by atoms with Gasteiger partial charge in [0.15, 0.2) is 0 Å². The van der Waals surface area contributed by atoms with Crippen LogP contribution in [0.2, 0.25) is 0 Å². The lowest BCUT2D eigenvalue weighted by molar-refractivity contribution is -0.107. The van der Waals surface area contributed by atoms with Gasteiger partial charge in [0.1, 0.15) is 0 Å². The van der Waals surface area contributed by atoms with Crippen LogP contribution in [-0.4, -0.2) is 55.5 Å². The maximum Gasteiger partial charge on any atom is 0.482 e. The van der Waals surface area contributed by atoms with Gasteiger partial charge in [0.05, 0.1) is 11.2 Å². The topological polar surface area (TPSA) is 121 Å². The summed E-state index contributed by atoms with van der Waals surface area (Å²) in [4.78, 5) is 0. The molecule has 0 aromatic rings. The molecule has 0 rings (SSSR count). The van der Waals surface area contributed by atoms with Crippen molar-refractivity contribution >= 4 is 14.0 Å². The van der Waals surface area contributed by atoms with E-state index in [-0.39, 0.29) is 0 Å². The minimum absolute atomic E-state index is 1.01. The third-order valence-electron chi connectivity index (χ3n) is 1.76. The van der Waals surface area contributed by atoms with E-state index in [1.165, 1.54) is 0 Å². The Morgan fingerprint density at radius 1 is 0.643 bits per heavy atom. The molecule has 0 fully saturated rings. The van der Waals surface area contributed by atoms with Crippen LogP contribution in [0.1, 0.15) is 27.7 Å². The van der Waals surface area contributed by atoms with Gasteiger partial charge in [-0.1, -0.05) is 0 Å². The summed E-state index contributed by atoms with van der Waals surface area (Å²) in [5.74, 6) is 0. The van der Waals surface area contributed by atoms with E-state index in [4.69, 9.17) is 30.3 Å². The van der Waals surface area contributed by atoms with Gasteiger partial charge in [-0.25, -0.2) is 0 Å². The molecule has 0 heterocycles. The summed E-state index contributed by atoms with van der Waals surface area (Å²) in [7, 11) is -4.07. The zero-order chi connectivity index (χ0) is 12.2. The molecule has 6 nitrogen and oxygen atoms in total. The molecule has 0 aromatic carbocycles. The van der Waals surface area contributed by atoms with E-state index in [0.29, 0.717) is 0 Å². The van der Waals surface area contributed by atoms with Crippen molar-refractivity contribution in [2.75, 3.05) is 0 Å². The van der Waals surface area contributed by atoms with Gasteiger partial charge in [-0.05, 0) is 27.7 Å². The van der Waals surface area contributed by atoms with Crippen LogP contribution >= 0.6 is 0 Å². The highest BCUT2D eigenvalue weighted by atomic mass is 16.4. The minimum atomic E-state index is -2.04. The van der Waals surface area contributed by atoms with Crippen LogP contribution in [0.5, 0.6) is 0 Å². The largest absolute Gasteiger partial charge is 0.482 e. The maximum absolute atomic E-state index is 9.10. The van der Waals surface area contributed by atoms with E-state index in [9.17, 15) is 0 Å². The first-order valence-electron chi connectivity index (χ1n) is 4.06. The van der Waals surface area contributed by atoms with Gasteiger partial charge >= 0.3 is 14.0 Å². The molecule has 0 radical (unpaired) electrons. The predicted molar refractivity (Wildman–Crippen MR) is 53.0 cm³/mol. The van der Waals surface area contributed by atoms with Crippen LogP contribution in [0.25, 0.3) is 0 Å². The standard InChI is InChI=1S/C6H14O2.B2H4O4/c1-5(2,7)6(3,4)8;3-1(4)2(5)6/h7-8H,1-4H3;3-6H. The van der Waals surface area contributed by atoms with E-state index in [1.807, 2.05) is 0 Å². The molecule has 0 saturated heterocycles. The van der Waals surface area contributed by atoms with Crippen molar-refractivity contribution in [2.45, 2.75) is 38.9 Å². The Hall–Kier alpha value is -0.110. The molecule has 0 unspecified atom stereocenters. The molecular formula is C6H18B2O6. The second kappa shape index (κ2) is 5.69. The number of aliphatic hydroxyl groups is 2. The smallest absolute Gasteiger partial charge is 0.429 e. The van der Waals surface area contributed by atoms with Gasteiger partial charge in [-0.2, -0.15) is 0 Å². The van der Waals surface area contributed by atoms with Crippen LogP contribution in [-0.2, 0) is 0 Å². The van der Waals surface area contributed by atoms with Gasteiger partial charge in [-0.3, -0.25) is 0 Å². The molecule has 0 amide bonds. The Bertz CT molecular complexity index is 129. The summed E-state index contributed by atoms with van der Waals surface area (Å²) < 4.78 is 0. The molecule has 0 spiro atoms. The van der Waals surface area contributed by atoms with Crippen molar-refractivity contribution in [3.8, 4) is 0 Å². The minimum Gasteiger partial charge on any atom is -0.429 e. The molecule has 0 aliphatic heterocycles. The second-order valence-electron chi connectivity index (χ2n) is 3.95. The fraction of sp³-hybridized carbons (Fsp3) is 1.00. The van der Waals surface area contributed by atoms with E-state index in [0.717, 1.165) is 0 Å². The normalized spacial score (nSPS) is 11.6. The average Bonchev–Trinajstić information content (AvgIpc) is 1.83. The van der Waals surface area contributed by atoms with E-state index >= 15 is 0 Å². The van der Waals surface area contributed by atoms with Crippen molar-refractivity contribution in [1.82, 2.24) is 0 Å². The first-order chi connectivity index (χ1) is 5.89. The fourth-order valence-corrected chi connectivity index (χ4v) is 0. The Labute approximate surface area is 84.1 Å². The molecule has 0 bridgehead atoms. The summed E-state index contributed by atoms with van der Waals surface area (Å²) in [5.41, 5.74) is -2.01. The monoisotopic (exact) mass is 208 g/mol. The van der Waals surface area contributed by atoms with Crippen molar-refractivity contribution < 1.29 is 30.3 Å². The number of hydrogen-bond donors (Lipinski definition) is 6. The van der Waals surface area contributed by atoms with Crippen LogP contribution in [0.3, 0.4) is 0 Å². The van der Waals surface area contributed by atoms with Gasteiger partial charge < -0.3 is 30.3 Å². The zero-order valence-electron chi connectivity index (χ0n) is 8.84. The van der Waals surface area contributed by atoms with E-state index in [1.54, 1.807) is 27.7 Å². The molecule has 0 aromatic heterocycles. The highest BCUT2D eigenvalue weighted by molar-refractivity contribution is 7.07. The Morgan fingerprint density at radius 3 is 0.786 bits per heavy atom. The maximum atomic E-state index is 9.10. The van der Waals surface area contributed by atoms with Crippen molar-refractivity contribution in [1.29, 1.82) is 0 Å². The summed E-state index contributed by atoms with van der Waals surface area (Å²) in [6, 6.07) is 0. The second-order valence-corrected chi connectivity index (χ2v) is 3.95. The van der Waals surface area contributed by atoms with Gasteiger partial charge in [-0.15, -0.1) is 0 Å². The van der Waals surface area contributed by atoms with Crippen LogP contribution in [0.4, 0.5) is 0 Å². The van der Waals surface area contributed by atoms with Crippen molar-refractivity contribution in [3.05, 3.63) is 0 Å². The predicted octanol–water partition coefficient (Wildman–Crippen LogP) is -2.46. The molecule has 14 heavy (non-hydrogen) atoms. The van der Waals surface area contributed by atoms with Gasteiger partial charge in [0.25, 0.3) is 0 Å². The molecule has 8 heteroatoms. The van der Waals surface area contributed by atoms with Crippen LogP contribution in [0.15, 0.2) is 0 Å². The van der Waals surface area contributed by atoms with Crippen molar-refractivity contribution in [3.63, 3.8) is 0 Å². The zero-order valence-corrected chi connectivity index (χ0v) is 8.84. The lowest BCUT2D eigenvalue weighted by Gasteiger charge is -2.31. The Kier molecular flexibility index (Phi) is 6.64. The number of rotatable bonds is 2. The fourth-order valence-electron chi connectivity index (χ4n) is 0. The van der Waals surface area contributed by atoms with E-state index in [2.05, 4.69) is 0 Å². The molecule has 0 atom stereocenters. The highest BCUT2D eigenvalue weighted by Gasteiger charge is 2.31. The SMILES string of the molecule is CC(C)(O)C(C)(C)O.OB(O)B(O)O. The number of hydrogen-bond acceptors (Lipinski definition) is 6. The molecular weight excluding hydrogens is 190 g/mol. The summed E-state index contributed by atoms with van der Waals surface area (Å²) in [5, 5.41) is 48.9. The summed E-state index contributed by atoms with van der Waals surface area (Å²) >= 11 is 0. The van der Waals surface area contributed by atoms with Gasteiger partial charge in [0, 0.05) is 0 Å². The third kappa shape index (κ3) is 8.49. The van der Waals surface area contributed by atoms with Crippen molar-refractivity contribution in [2.24, 2.45) is 0 Å². The molecule has 84 valence electrons. The first kappa shape index (κ1) is 16.3. The molecule has 0 saturated carbocycles. The molecule has 0 aliphatic rings. The van der Waals surface area contributed by atoms with Crippen LogP contribution < -0.4 is 0 Å². The summed E-state index contributed by atoms with van der Waals surface area (Å²) in [6.07, 6.45) is 0. The lowest BCUT2D eigenvalue weighted by Crippen LogP contribution is -2.44. The Morgan fingerprint density at radius 2 is 0.786 bits per heavy atom. The highest BCUT2D eigenvalue weighted by Crippen LogP contribution is 2.19. The summed E-state index contributed by atoms with van der Waals surface area (Å²) in [6.45, 7) is 6.31. The van der Waals surface area contributed by atoms with E-state index < -0.39 is 25.2 Å². The van der Waals surface area contributed by atoms with Gasteiger partial charge in [0.2, 0.25) is 0 Å². The lowest BCUT2D eigenvalue weighted by atomic mass is 9.50. The van der Waals surface area contributed by atoms with Crippen LogP contribution in [0, 0.1) is 0 Å². The Balaban J connectivity index is 0.